The fourth-order valence-corrected chi connectivity index (χ4v) is 2.46. The molecule has 1 amide bonds. The molecule has 0 aromatic carbocycles. The maximum atomic E-state index is 12.3. The summed E-state index contributed by atoms with van der Waals surface area (Å²) in [5.41, 5.74) is 1.71. The molecular weight excluding hydrogens is 262 g/mol. The molecule has 2 unspecified atom stereocenters. The Morgan fingerprint density at radius 3 is 2.71 bits per heavy atom. The zero-order chi connectivity index (χ0) is 15.2. The van der Waals surface area contributed by atoms with Crippen LogP contribution < -0.4 is 10.6 Å². The van der Waals surface area contributed by atoms with E-state index in [1.807, 2.05) is 12.1 Å². The fraction of sp³-hybridized carbons (Fsp3) is 0.647. The van der Waals surface area contributed by atoms with Gasteiger partial charge in [-0.1, -0.05) is 27.2 Å². The zero-order valence-corrected chi connectivity index (χ0v) is 13.4. The highest BCUT2D eigenvalue weighted by atomic mass is 16.1. The van der Waals surface area contributed by atoms with E-state index in [4.69, 9.17) is 0 Å². The van der Waals surface area contributed by atoms with Crippen molar-refractivity contribution in [1.82, 2.24) is 10.3 Å². The second-order valence-electron chi connectivity index (χ2n) is 6.09. The van der Waals surface area contributed by atoms with Crippen LogP contribution in [-0.2, 0) is 6.42 Å². The first-order valence-electron chi connectivity index (χ1n) is 8.17. The number of pyridine rings is 1. The second kappa shape index (κ2) is 7.43. The van der Waals surface area contributed by atoms with Gasteiger partial charge in [-0.05, 0) is 43.2 Å². The van der Waals surface area contributed by atoms with E-state index in [1.165, 1.54) is 6.42 Å². The lowest BCUT2D eigenvalue weighted by Gasteiger charge is -2.10. The maximum absolute atomic E-state index is 12.3. The third-order valence-electron chi connectivity index (χ3n) is 4.00. The summed E-state index contributed by atoms with van der Waals surface area (Å²) < 4.78 is 0. The molecule has 0 radical (unpaired) electrons. The van der Waals surface area contributed by atoms with Gasteiger partial charge in [0.25, 0.3) is 5.91 Å². The van der Waals surface area contributed by atoms with E-state index in [9.17, 15) is 4.79 Å². The van der Waals surface area contributed by atoms with Crippen molar-refractivity contribution < 1.29 is 4.79 Å². The van der Waals surface area contributed by atoms with Gasteiger partial charge < -0.3 is 10.6 Å². The molecule has 116 valence electrons. The summed E-state index contributed by atoms with van der Waals surface area (Å²) in [4.78, 5) is 16.9. The molecule has 0 aliphatic heterocycles. The van der Waals surface area contributed by atoms with Gasteiger partial charge in [-0.2, -0.15) is 0 Å². The Morgan fingerprint density at radius 2 is 2.10 bits per heavy atom. The molecule has 2 rings (SSSR count). The van der Waals surface area contributed by atoms with Crippen molar-refractivity contribution in [3.63, 3.8) is 0 Å². The molecule has 4 heteroatoms. The van der Waals surface area contributed by atoms with E-state index in [-0.39, 0.29) is 5.91 Å². The van der Waals surface area contributed by atoms with Crippen molar-refractivity contribution in [3.8, 4) is 0 Å². The van der Waals surface area contributed by atoms with E-state index < -0.39 is 0 Å². The van der Waals surface area contributed by atoms with Crippen LogP contribution in [0.1, 0.15) is 56.1 Å². The Hall–Kier alpha value is -1.58. The zero-order valence-electron chi connectivity index (χ0n) is 13.4. The van der Waals surface area contributed by atoms with Crippen LogP contribution in [0.15, 0.2) is 12.1 Å². The largest absolute Gasteiger partial charge is 0.370 e. The van der Waals surface area contributed by atoms with Gasteiger partial charge >= 0.3 is 0 Å². The van der Waals surface area contributed by atoms with Crippen molar-refractivity contribution in [2.45, 2.75) is 46.5 Å². The van der Waals surface area contributed by atoms with Crippen LogP contribution >= 0.6 is 0 Å². The van der Waals surface area contributed by atoms with Gasteiger partial charge in [-0.25, -0.2) is 4.98 Å². The number of nitrogens with zero attached hydrogens (tertiary/aromatic N) is 1. The minimum Gasteiger partial charge on any atom is -0.370 e. The van der Waals surface area contributed by atoms with Gasteiger partial charge in [-0.3, -0.25) is 4.79 Å². The molecule has 2 N–H and O–H groups in total. The molecule has 1 saturated carbocycles. The molecule has 0 bridgehead atoms. The predicted molar refractivity (Wildman–Crippen MR) is 86.6 cm³/mol. The van der Waals surface area contributed by atoms with Crippen molar-refractivity contribution in [2.24, 2.45) is 11.8 Å². The first-order valence-corrected chi connectivity index (χ1v) is 8.17. The molecule has 1 aromatic heterocycles. The third-order valence-corrected chi connectivity index (χ3v) is 4.00. The number of amides is 1. The Bertz CT molecular complexity index is 487. The highest BCUT2D eigenvalue weighted by Gasteiger charge is 2.32. The smallest absolute Gasteiger partial charge is 0.251 e. The maximum Gasteiger partial charge on any atom is 0.251 e. The van der Waals surface area contributed by atoms with Crippen LogP contribution in [0.4, 0.5) is 5.82 Å². The van der Waals surface area contributed by atoms with Gasteiger partial charge in [0.15, 0.2) is 0 Å². The first kappa shape index (κ1) is 15.8. The number of nitrogens with one attached hydrogen (secondary N) is 2. The topological polar surface area (TPSA) is 54.0 Å². The van der Waals surface area contributed by atoms with E-state index in [1.54, 1.807) is 0 Å². The van der Waals surface area contributed by atoms with Gasteiger partial charge in [0.1, 0.15) is 5.82 Å². The Kier molecular flexibility index (Phi) is 5.59. The molecular formula is C17H27N3O. The standard InChI is InChI=1S/C17H27N3O/c1-4-6-15-9-13(10-16(20-15)18-7-5-2)17(21)19-11-14-8-12(14)3/h9-10,12,14H,4-8,11H2,1-3H3,(H,18,20)(H,19,21). The fourth-order valence-electron chi connectivity index (χ4n) is 2.46. The van der Waals surface area contributed by atoms with Crippen LogP contribution in [-0.4, -0.2) is 24.0 Å². The van der Waals surface area contributed by atoms with Crippen molar-refractivity contribution in [1.29, 1.82) is 0 Å². The summed E-state index contributed by atoms with van der Waals surface area (Å²) in [6, 6.07) is 3.78. The molecule has 1 heterocycles. The Morgan fingerprint density at radius 1 is 1.33 bits per heavy atom. The Balaban J connectivity index is 2.04. The molecule has 1 aromatic rings. The summed E-state index contributed by atoms with van der Waals surface area (Å²) in [6.07, 6.45) is 4.22. The van der Waals surface area contributed by atoms with Gasteiger partial charge in [-0.15, -0.1) is 0 Å². The highest BCUT2D eigenvalue weighted by Crippen LogP contribution is 2.36. The molecule has 1 fully saturated rings. The average Bonchev–Trinajstić information content (AvgIpc) is 3.18. The predicted octanol–water partition coefficient (Wildman–Crippen LogP) is 3.24. The summed E-state index contributed by atoms with van der Waals surface area (Å²) in [6.45, 7) is 8.15. The Labute approximate surface area is 127 Å². The SMILES string of the molecule is CCCNc1cc(C(=O)NCC2CC2C)cc(CCC)n1. The average molecular weight is 289 g/mol. The summed E-state index contributed by atoms with van der Waals surface area (Å²) >= 11 is 0. The molecule has 0 spiro atoms. The van der Waals surface area contributed by atoms with Crippen LogP contribution in [0.25, 0.3) is 0 Å². The number of aromatic nitrogens is 1. The van der Waals surface area contributed by atoms with E-state index in [0.717, 1.165) is 55.3 Å². The summed E-state index contributed by atoms with van der Waals surface area (Å²) in [5.74, 6) is 2.27. The van der Waals surface area contributed by atoms with Crippen LogP contribution in [0, 0.1) is 11.8 Å². The number of rotatable bonds is 8. The lowest BCUT2D eigenvalue weighted by Crippen LogP contribution is -2.26. The quantitative estimate of drug-likeness (QED) is 0.772. The van der Waals surface area contributed by atoms with Crippen LogP contribution in [0.2, 0.25) is 0 Å². The number of aryl methyl sites for hydroxylation is 1. The van der Waals surface area contributed by atoms with E-state index in [2.05, 4.69) is 36.4 Å². The minimum absolute atomic E-state index is 0.0217. The number of carbonyl (C=O) groups excluding carboxylic acids is 1. The third kappa shape index (κ3) is 4.73. The number of carbonyl (C=O) groups is 1. The first-order chi connectivity index (χ1) is 10.1. The lowest BCUT2D eigenvalue weighted by molar-refractivity contribution is 0.0951. The van der Waals surface area contributed by atoms with Crippen molar-refractivity contribution in [2.75, 3.05) is 18.4 Å². The highest BCUT2D eigenvalue weighted by molar-refractivity contribution is 5.95. The summed E-state index contributed by atoms with van der Waals surface area (Å²) in [7, 11) is 0. The van der Waals surface area contributed by atoms with E-state index in [0.29, 0.717) is 5.92 Å². The monoisotopic (exact) mass is 289 g/mol. The second-order valence-corrected chi connectivity index (χ2v) is 6.09. The molecule has 21 heavy (non-hydrogen) atoms. The molecule has 0 saturated heterocycles. The lowest BCUT2D eigenvalue weighted by atomic mass is 10.1. The number of hydrogen-bond donors (Lipinski definition) is 2. The van der Waals surface area contributed by atoms with Crippen molar-refractivity contribution >= 4 is 11.7 Å². The molecule has 1 aliphatic rings. The van der Waals surface area contributed by atoms with Crippen molar-refractivity contribution in [3.05, 3.63) is 23.4 Å². The normalized spacial score (nSPS) is 20.1. The van der Waals surface area contributed by atoms with Gasteiger partial charge in [0.05, 0.1) is 0 Å². The minimum atomic E-state index is 0.0217. The van der Waals surface area contributed by atoms with E-state index >= 15 is 0 Å². The van der Waals surface area contributed by atoms with Gasteiger partial charge in [0.2, 0.25) is 0 Å². The number of anilines is 1. The molecule has 1 aliphatic carbocycles. The molecule has 4 nitrogen and oxygen atoms in total. The van der Waals surface area contributed by atoms with Crippen LogP contribution in [0.5, 0.6) is 0 Å². The van der Waals surface area contributed by atoms with Crippen LogP contribution in [0.3, 0.4) is 0 Å². The number of hydrogen-bond acceptors (Lipinski definition) is 3. The van der Waals surface area contributed by atoms with Gasteiger partial charge in [0, 0.05) is 24.3 Å². The molecule has 2 atom stereocenters. The summed E-state index contributed by atoms with van der Waals surface area (Å²) in [5, 5.41) is 6.33.